The molecule has 1 heterocycles. The van der Waals surface area contributed by atoms with Gasteiger partial charge in [-0.25, -0.2) is 9.97 Å². The average molecular weight is 196 g/mol. The van der Waals surface area contributed by atoms with Crippen LogP contribution in [0.25, 0.3) is 0 Å². The van der Waals surface area contributed by atoms with Crippen molar-refractivity contribution in [2.24, 2.45) is 0 Å². The lowest BCUT2D eigenvalue weighted by Crippen LogP contribution is -2.10. The summed E-state index contributed by atoms with van der Waals surface area (Å²) in [5.74, 6) is -0.00766. The predicted molar refractivity (Wildman–Crippen MR) is 35.6 cm³/mol. The third kappa shape index (κ3) is 1.85. The second-order valence-corrected chi connectivity index (χ2v) is 2.42. The van der Waals surface area contributed by atoms with Crippen molar-refractivity contribution < 1.29 is 13.2 Å². The smallest absolute Gasteiger partial charge is 0.230 e. The lowest BCUT2D eigenvalue weighted by atomic mass is 10.4. The molecule has 65 valence electrons. The van der Waals surface area contributed by atoms with Gasteiger partial charge in [0.1, 0.15) is 12.0 Å². The Balaban J connectivity index is 3.23. The van der Waals surface area contributed by atoms with Crippen LogP contribution >= 0.6 is 11.6 Å². The number of hydrogen-bond acceptors (Lipinski definition) is 2. The highest BCUT2D eigenvalue weighted by Crippen LogP contribution is 2.31. The highest BCUT2D eigenvalue weighted by Gasteiger charge is 2.35. The summed E-state index contributed by atoms with van der Waals surface area (Å²) in [5.41, 5.74) is -1.14. The molecule has 0 aliphatic heterocycles. The van der Waals surface area contributed by atoms with Gasteiger partial charge in [0.05, 0.1) is 5.02 Å². The first-order chi connectivity index (χ1) is 5.41. The fraction of sp³-hybridized carbons (Fsp3) is 0.333. The van der Waals surface area contributed by atoms with Gasteiger partial charge in [-0.1, -0.05) is 11.6 Å². The van der Waals surface area contributed by atoms with Crippen molar-refractivity contribution in [3.05, 3.63) is 22.7 Å². The number of aromatic nitrogens is 2. The number of nitrogens with zero attached hydrogens (tertiary/aromatic N) is 2. The normalized spacial score (nSPS) is 11.8. The molecule has 0 bridgehead atoms. The van der Waals surface area contributed by atoms with Gasteiger partial charge in [0, 0.05) is 0 Å². The Labute approximate surface area is 71.4 Å². The van der Waals surface area contributed by atoms with E-state index in [2.05, 4.69) is 9.97 Å². The highest BCUT2D eigenvalue weighted by molar-refractivity contribution is 6.30. The molecule has 1 radical (unpaired) electrons. The Morgan fingerprint density at radius 3 is 2.42 bits per heavy atom. The summed E-state index contributed by atoms with van der Waals surface area (Å²) in [5, 5.41) is -0.604. The summed E-state index contributed by atoms with van der Waals surface area (Å²) in [7, 11) is 0. The van der Waals surface area contributed by atoms with Gasteiger partial charge in [-0.15, -0.1) is 0 Å². The van der Waals surface area contributed by atoms with Crippen LogP contribution in [0.3, 0.4) is 0 Å². The molecule has 0 fully saturated rings. The van der Waals surface area contributed by atoms with Crippen molar-refractivity contribution in [3.8, 4) is 0 Å². The first-order valence-electron chi connectivity index (χ1n) is 2.90. The van der Waals surface area contributed by atoms with E-state index in [0.717, 1.165) is 0 Å². The van der Waals surface area contributed by atoms with E-state index < -0.39 is 16.9 Å². The second-order valence-electron chi connectivity index (χ2n) is 2.04. The third-order valence-electron chi connectivity index (χ3n) is 1.07. The van der Waals surface area contributed by atoms with Gasteiger partial charge in [-0.2, -0.15) is 13.2 Å². The van der Waals surface area contributed by atoms with Gasteiger partial charge < -0.3 is 0 Å². The van der Waals surface area contributed by atoms with Gasteiger partial charge in [0.2, 0.25) is 0 Å². The molecule has 1 aromatic heterocycles. The van der Waals surface area contributed by atoms with E-state index in [4.69, 9.17) is 11.6 Å². The molecular formula is C6H3ClF3N2. The fourth-order valence-corrected chi connectivity index (χ4v) is 0.798. The topological polar surface area (TPSA) is 25.8 Å². The van der Waals surface area contributed by atoms with E-state index in [1.807, 2.05) is 6.20 Å². The van der Waals surface area contributed by atoms with E-state index in [9.17, 15) is 13.2 Å². The molecule has 0 N–H and O–H groups in total. The minimum atomic E-state index is -4.54. The maximum absolute atomic E-state index is 12.0. The fourth-order valence-electron chi connectivity index (χ4n) is 0.607. The molecule has 0 amide bonds. The van der Waals surface area contributed by atoms with Crippen LogP contribution in [0.4, 0.5) is 13.2 Å². The highest BCUT2D eigenvalue weighted by atomic mass is 35.5. The van der Waals surface area contributed by atoms with Crippen LogP contribution in [0.15, 0.2) is 0 Å². The van der Waals surface area contributed by atoms with Gasteiger partial charge in [-0.3, -0.25) is 0 Å². The average Bonchev–Trinajstić information content (AvgIpc) is 1.92. The van der Waals surface area contributed by atoms with Gasteiger partial charge in [0.15, 0.2) is 5.69 Å². The van der Waals surface area contributed by atoms with E-state index in [1.54, 1.807) is 0 Å². The largest absolute Gasteiger partial charge is 0.434 e. The summed E-state index contributed by atoms with van der Waals surface area (Å²) in [4.78, 5) is 6.53. The van der Waals surface area contributed by atoms with Crippen LogP contribution in [-0.2, 0) is 6.18 Å². The van der Waals surface area contributed by atoms with E-state index in [1.165, 1.54) is 6.92 Å². The molecule has 1 aromatic rings. The van der Waals surface area contributed by atoms with Crippen LogP contribution in [0.5, 0.6) is 0 Å². The quantitative estimate of drug-likeness (QED) is 0.635. The van der Waals surface area contributed by atoms with Crippen molar-refractivity contribution in [1.29, 1.82) is 0 Å². The standard InChI is InChI=1S/C6H3ClF3N2/c1-3-11-2-4(7)5(12-3)6(8,9)10/h1H3. The zero-order valence-electron chi connectivity index (χ0n) is 5.91. The number of aryl methyl sites for hydroxylation is 1. The monoisotopic (exact) mass is 195 g/mol. The van der Waals surface area contributed by atoms with Gasteiger partial charge in [-0.05, 0) is 6.92 Å². The van der Waals surface area contributed by atoms with Crippen LogP contribution in [0.2, 0.25) is 5.02 Å². The zero-order chi connectivity index (χ0) is 9.35. The zero-order valence-corrected chi connectivity index (χ0v) is 6.66. The summed E-state index contributed by atoms with van der Waals surface area (Å²) in [6.07, 6.45) is -2.53. The van der Waals surface area contributed by atoms with E-state index >= 15 is 0 Å². The Morgan fingerprint density at radius 2 is 2.00 bits per heavy atom. The summed E-state index contributed by atoms with van der Waals surface area (Å²) < 4.78 is 36.1. The Hall–Kier alpha value is -0.840. The molecular weight excluding hydrogens is 193 g/mol. The summed E-state index contributed by atoms with van der Waals surface area (Å²) in [6.45, 7) is 1.34. The number of rotatable bonds is 0. The predicted octanol–water partition coefficient (Wildman–Crippen LogP) is 2.26. The SMILES string of the molecule is Cc1n[c]c(Cl)c(C(F)(F)F)n1. The molecule has 2 nitrogen and oxygen atoms in total. The van der Waals surface area contributed by atoms with Crippen LogP contribution in [0.1, 0.15) is 11.5 Å². The Morgan fingerprint density at radius 1 is 1.42 bits per heavy atom. The van der Waals surface area contributed by atoms with Crippen molar-refractivity contribution >= 4 is 11.6 Å². The second kappa shape index (κ2) is 2.90. The minimum absolute atomic E-state index is 0.00766. The van der Waals surface area contributed by atoms with Crippen molar-refractivity contribution in [2.75, 3.05) is 0 Å². The summed E-state index contributed by atoms with van der Waals surface area (Å²) in [6, 6.07) is 0. The number of alkyl halides is 3. The molecule has 0 atom stereocenters. The maximum Gasteiger partial charge on any atom is 0.434 e. The first-order valence-corrected chi connectivity index (χ1v) is 3.28. The van der Waals surface area contributed by atoms with Gasteiger partial charge >= 0.3 is 6.18 Å². The molecule has 12 heavy (non-hydrogen) atoms. The summed E-state index contributed by atoms with van der Waals surface area (Å²) >= 11 is 5.18. The molecule has 0 saturated heterocycles. The van der Waals surface area contributed by atoms with Crippen LogP contribution in [0, 0.1) is 13.1 Å². The molecule has 6 heteroatoms. The van der Waals surface area contributed by atoms with Gasteiger partial charge in [0.25, 0.3) is 0 Å². The van der Waals surface area contributed by atoms with E-state index in [0.29, 0.717) is 0 Å². The Bertz CT molecular complexity index is 297. The molecule has 0 aliphatic rings. The maximum atomic E-state index is 12.0. The van der Waals surface area contributed by atoms with E-state index in [-0.39, 0.29) is 5.82 Å². The molecule has 0 unspecified atom stereocenters. The number of halogens is 4. The lowest BCUT2D eigenvalue weighted by molar-refractivity contribution is -0.141. The van der Waals surface area contributed by atoms with Crippen LogP contribution in [-0.4, -0.2) is 9.97 Å². The van der Waals surface area contributed by atoms with Crippen molar-refractivity contribution in [2.45, 2.75) is 13.1 Å². The molecule has 1 rings (SSSR count). The molecule has 0 aromatic carbocycles. The molecule has 0 aliphatic carbocycles. The van der Waals surface area contributed by atoms with Crippen LogP contribution < -0.4 is 0 Å². The van der Waals surface area contributed by atoms with Crippen molar-refractivity contribution in [1.82, 2.24) is 9.97 Å². The Kier molecular flexibility index (Phi) is 2.23. The molecule has 0 saturated carbocycles. The lowest BCUT2D eigenvalue weighted by Gasteiger charge is -2.06. The van der Waals surface area contributed by atoms with Crippen molar-refractivity contribution in [3.63, 3.8) is 0 Å². The third-order valence-corrected chi connectivity index (χ3v) is 1.33. The minimum Gasteiger partial charge on any atom is -0.230 e. The first kappa shape index (κ1) is 9.25. The molecule has 0 spiro atoms. The number of hydrogen-bond donors (Lipinski definition) is 0.